The van der Waals surface area contributed by atoms with Gasteiger partial charge in [-0.3, -0.25) is 15.1 Å². The predicted octanol–water partition coefficient (Wildman–Crippen LogP) is 1.49. The summed E-state index contributed by atoms with van der Waals surface area (Å²) in [5.41, 5.74) is 0.488. The second-order valence-corrected chi connectivity index (χ2v) is 4.69. The highest BCUT2D eigenvalue weighted by atomic mass is 79.9. The number of urea groups is 1. The van der Waals surface area contributed by atoms with Gasteiger partial charge in [-0.15, -0.1) is 0 Å². The third-order valence-electron chi connectivity index (χ3n) is 1.88. The number of nitrogens with zero attached hydrogens (tertiary/aromatic N) is 1. The number of rotatable bonds is 1. The van der Waals surface area contributed by atoms with Crippen LogP contribution >= 0.6 is 31.9 Å². The molecule has 0 aromatic carbocycles. The Morgan fingerprint density at radius 2 is 2.07 bits per heavy atom. The number of amides is 3. The summed E-state index contributed by atoms with van der Waals surface area (Å²) < 4.78 is 1.46. The highest BCUT2D eigenvalue weighted by molar-refractivity contribution is 9.11. The molecule has 2 rings (SSSR count). The first-order chi connectivity index (χ1) is 7.08. The lowest BCUT2D eigenvalue weighted by molar-refractivity contribution is -0.120. The Morgan fingerprint density at radius 3 is 2.60 bits per heavy atom. The maximum absolute atomic E-state index is 11.4. The summed E-state index contributed by atoms with van der Waals surface area (Å²) in [6.45, 7) is 0. The van der Waals surface area contributed by atoms with Gasteiger partial charge in [0.15, 0.2) is 6.04 Å². The fourth-order valence-corrected chi connectivity index (χ4v) is 2.46. The van der Waals surface area contributed by atoms with E-state index in [9.17, 15) is 9.59 Å². The van der Waals surface area contributed by atoms with E-state index in [-0.39, 0.29) is 0 Å². The van der Waals surface area contributed by atoms with E-state index in [1.807, 2.05) is 0 Å². The molecule has 1 fully saturated rings. The molecule has 2 N–H and O–H groups in total. The molecule has 0 saturated carbocycles. The summed E-state index contributed by atoms with van der Waals surface area (Å²) in [4.78, 5) is 26.4. The predicted molar refractivity (Wildman–Crippen MR) is 59.1 cm³/mol. The molecule has 1 aromatic heterocycles. The fourth-order valence-electron chi connectivity index (χ4n) is 1.25. The zero-order chi connectivity index (χ0) is 11.0. The van der Waals surface area contributed by atoms with Crippen molar-refractivity contribution in [3.63, 3.8) is 0 Å². The van der Waals surface area contributed by atoms with Gasteiger partial charge in [0.2, 0.25) is 0 Å². The maximum atomic E-state index is 11.4. The van der Waals surface area contributed by atoms with Crippen molar-refractivity contribution in [2.45, 2.75) is 6.04 Å². The van der Waals surface area contributed by atoms with Gasteiger partial charge in [0.05, 0.1) is 5.69 Å². The first kappa shape index (κ1) is 10.6. The van der Waals surface area contributed by atoms with Crippen LogP contribution in [0.5, 0.6) is 0 Å². The van der Waals surface area contributed by atoms with E-state index in [1.165, 1.54) is 0 Å². The van der Waals surface area contributed by atoms with Crippen molar-refractivity contribution in [2.24, 2.45) is 0 Å². The number of carbonyl (C=O) groups is 2. The van der Waals surface area contributed by atoms with Gasteiger partial charge in [-0.25, -0.2) is 4.79 Å². The Kier molecular flexibility index (Phi) is 2.74. The highest BCUT2D eigenvalue weighted by Gasteiger charge is 2.33. The minimum absolute atomic E-state index is 0.393. The monoisotopic (exact) mass is 333 g/mol. The number of aromatic nitrogens is 1. The summed E-state index contributed by atoms with van der Waals surface area (Å²) in [5.74, 6) is -0.393. The Morgan fingerprint density at radius 1 is 1.33 bits per heavy atom. The van der Waals surface area contributed by atoms with Crippen LogP contribution < -0.4 is 10.6 Å². The number of carbonyl (C=O) groups excluding carboxylic acids is 2. The Hall–Kier alpha value is -0.950. The second kappa shape index (κ2) is 3.90. The molecule has 78 valence electrons. The summed E-state index contributed by atoms with van der Waals surface area (Å²) in [6, 6.07) is 0.543. The van der Waals surface area contributed by atoms with E-state index in [0.29, 0.717) is 10.2 Å². The average molecular weight is 335 g/mol. The number of imide groups is 1. The molecule has 15 heavy (non-hydrogen) atoms. The lowest BCUT2D eigenvalue weighted by atomic mass is 10.2. The van der Waals surface area contributed by atoms with E-state index in [2.05, 4.69) is 47.5 Å². The molecule has 1 atom stereocenters. The molecular weight excluding hydrogens is 330 g/mol. The summed E-state index contributed by atoms with van der Waals surface area (Å²) in [6.07, 6.45) is 1.57. The van der Waals surface area contributed by atoms with Gasteiger partial charge >= 0.3 is 6.03 Å². The van der Waals surface area contributed by atoms with E-state index < -0.39 is 18.0 Å². The van der Waals surface area contributed by atoms with Crippen LogP contribution in [0.25, 0.3) is 0 Å². The topological polar surface area (TPSA) is 71.1 Å². The van der Waals surface area contributed by atoms with Gasteiger partial charge in [-0.05, 0) is 37.9 Å². The van der Waals surface area contributed by atoms with Crippen LogP contribution in [0.4, 0.5) is 4.79 Å². The first-order valence-electron chi connectivity index (χ1n) is 4.00. The lowest BCUT2D eigenvalue weighted by Crippen LogP contribution is -2.22. The SMILES string of the molecule is O=C1NC(=O)C(c2ncc(Br)cc2Br)N1. The van der Waals surface area contributed by atoms with E-state index in [0.717, 1.165) is 4.47 Å². The van der Waals surface area contributed by atoms with E-state index >= 15 is 0 Å². The van der Waals surface area contributed by atoms with Crippen LogP contribution in [0.2, 0.25) is 0 Å². The maximum Gasteiger partial charge on any atom is 0.322 e. The lowest BCUT2D eigenvalue weighted by Gasteiger charge is -2.08. The molecule has 0 spiro atoms. The highest BCUT2D eigenvalue weighted by Crippen LogP contribution is 2.25. The van der Waals surface area contributed by atoms with Gasteiger partial charge in [-0.2, -0.15) is 0 Å². The van der Waals surface area contributed by atoms with E-state index in [4.69, 9.17) is 0 Å². The summed E-state index contributed by atoms with van der Waals surface area (Å²) >= 11 is 6.53. The zero-order valence-electron chi connectivity index (χ0n) is 7.25. The largest absolute Gasteiger partial charge is 0.322 e. The molecule has 5 nitrogen and oxygen atoms in total. The van der Waals surface area contributed by atoms with Crippen molar-refractivity contribution in [1.29, 1.82) is 0 Å². The Balaban J connectivity index is 2.38. The molecule has 0 radical (unpaired) electrons. The molecule has 0 aliphatic carbocycles. The van der Waals surface area contributed by atoms with Crippen LogP contribution in [0.1, 0.15) is 11.7 Å². The van der Waals surface area contributed by atoms with Crippen LogP contribution in [0.3, 0.4) is 0 Å². The van der Waals surface area contributed by atoms with Crippen molar-refractivity contribution >= 4 is 43.8 Å². The molecule has 3 amide bonds. The molecule has 1 unspecified atom stereocenters. The van der Waals surface area contributed by atoms with Gasteiger partial charge in [0.25, 0.3) is 5.91 Å². The van der Waals surface area contributed by atoms with Gasteiger partial charge in [0.1, 0.15) is 0 Å². The minimum atomic E-state index is -0.722. The number of pyridine rings is 1. The number of hydrogen-bond acceptors (Lipinski definition) is 3. The molecular formula is C8H5Br2N3O2. The van der Waals surface area contributed by atoms with Crippen molar-refractivity contribution < 1.29 is 9.59 Å². The normalized spacial score (nSPS) is 20.0. The molecule has 1 aromatic rings. The van der Waals surface area contributed by atoms with Gasteiger partial charge < -0.3 is 5.32 Å². The summed E-state index contributed by atoms with van der Waals surface area (Å²) in [7, 11) is 0. The molecule has 2 heterocycles. The minimum Gasteiger partial charge on any atom is -0.321 e. The molecule has 0 bridgehead atoms. The van der Waals surface area contributed by atoms with Crippen LogP contribution in [0.15, 0.2) is 21.2 Å². The number of hydrogen-bond donors (Lipinski definition) is 2. The molecule has 7 heteroatoms. The van der Waals surface area contributed by atoms with Crippen molar-refractivity contribution in [3.05, 3.63) is 26.9 Å². The van der Waals surface area contributed by atoms with Crippen molar-refractivity contribution in [1.82, 2.24) is 15.6 Å². The number of nitrogens with one attached hydrogen (secondary N) is 2. The van der Waals surface area contributed by atoms with E-state index in [1.54, 1.807) is 12.3 Å². The van der Waals surface area contributed by atoms with Gasteiger partial charge in [-0.1, -0.05) is 0 Å². The van der Waals surface area contributed by atoms with Crippen LogP contribution in [-0.4, -0.2) is 16.9 Å². The van der Waals surface area contributed by atoms with Crippen molar-refractivity contribution in [2.75, 3.05) is 0 Å². The zero-order valence-corrected chi connectivity index (χ0v) is 10.4. The molecule has 1 saturated heterocycles. The Labute approximate surface area is 102 Å². The average Bonchev–Trinajstić information content (AvgIpc) is 2.45. The first-order valence-corrected chi connectivity index (χ1v) is 5.59. The smallest absolute Gasteiger partial charge is 0.321 e. The fraction of sp³-hybridized carbons (Fsp3) is 0.125. The second-order valence-electron chi connectivity index (χ2n) is 2.92. The Bertz CT molecular complexity index is 450. The van der Waals surface area contributed by atoms with Crippen LogP contribution in [0, 0.1) is 0 Å². The van der Waals surface area contributed by atoms with Gasteiger partial charge in [0, 0.05) is 15.1 Å². The van der Waals surface area contributed by atoms with Crippen LogP contribution in [-0.2, 0) is 4.79 Å². The van der Waals surface area contributed by atoms with Crippen molar-refractivity contribution in [3.8, 4) is 0 Å². The third kappa shape index (κ3) is 2.03. The third-order valence-corrected chi connectivity index (χ3v) is 2.95. The quantitative estimate of drug-likeness (QED) is 0.764. The molecule has 1 aliphatic heterocycles. The molecule has 1 aliphatic rings. The number of halogens is 2. The summed E-state index contributed by atoms with van der Waals surface area (Å²) in [5, 5.41) is 4.62. The standard InChI is InChI=1S/C8H5Br2N3O2/c9-3-1-4(10)5(11-2-3)6-7(14)13-8(15)12-6/h1-2,6H,(H2,12,13,14,15).